The fourth-order valence-electron chi connectivity index (χ4n) is 2.40. The van der Waals surface area contributed by atoms with Crippen molar-refractivity contribution in [3.8, 4) is 11.8 Å². The number of halogens is 3. The van der Waals surface area contributed by atoms with Crippen molar-refractivity contribution in [2.75, 3.05) is 19.5 Å². The number of pyridine rings is 2. The summed E-state index contributed by atoms with van der Waals surface area (Å²) < 4.78 is 10.6. The lowest BCUT2D eigenvalue weighted by atomic mass is 10.3. The maximum absolute atomic E-state index is 10.9. The molecule has 0 aliphatic heterocycles. The molecule has 39 heavy (non-hydrogen) atoms. The Labute approximate surface area is 244 Å². The monoisotopic (exact) mass is 636 g/mol. The first-order valence-corrected chi connectivity index (χ1v) is 13.0. The van der Waals surface area contributed by atoms with Crippen molar-refractivity contribution in [3.05, 3.63) is 80.7 Å². The predicted molar refractivity (Wildman–Crippen MR) is 149 cm³/mol. The van der Waals surface area contributed by atoms with Crippen molar-refractivity contribution in [2.24, 2.45) is 5.73 Å². The number of methoxy groups -OCH3 is 2. The molecule has 0 amide bonds. The lowest BCUT2D eigenvalue weighted by molar-refractivity contribution is -0.385. The number of anilines is 1. The summed E-state index contributed by atoms with van der Waals surface area (Å²) in [6, 6.07) is 5.40. The third kappa shape index (κ3) is 10.3. The van der Waals surface area contributed by atoms with Gasteiger partial charge in [0.05, 0.1) is 30.6 Å². The molecular formula is C20H19Cl3N8O6S2. The molecule has 0 saturated heterocycles. The highest BCUT2D eigenvalue weighted by Crippen LogP contribution is 2.27. The summed E-state index contributed by atoms with van der Waals surface area (Å²) in [6.07, 6.45) is 3.29. The van der Waals surface area contributed by atoms with E-state index in [0.29, 0.717) is 27.9 Å². The quantitative estimate of drug-likeness (QED) is 0.138. The number of rotatable bonds is 8. The summed E-state index contributed by atoms with van der Waals surface area (Å²) in [5.41, 5.74) is 4.94. The van der Waals surface area contributed by atoms with E-state index in [-0.39, 0.29) is 28.2 Å². The number of nitro groups is 2. The Kier molecular flexibility index (Phi) is 12.9. The van der Waals surface area contributed by atoms with E-state index in [9.17, 15) is 20.2 Å². The van der Waals surface area contributed by atoms with Crippen LogP contribution in [0.25, 0.3) is 0 Å². The Hall–Kier alpha value is -3.41. The number of hydrogen-bond acceptors (Lipinski definition) is 14. The molecule has 14 nitrogen and oxygen atoms in total. The standard InChI is InChI=1S/C10H9ClN4O3S.C6H5ClN2O3.C4H5ClN2S/c1-18-8-3-2-7(15(16)17)9(14-8)12-4-6-5-13-10(11)19-6;1-12-5-3-2-4(9(10)11)6(7)8-5;5-4-7-2-3(1-6)8-4/h2-3,5H,4H2,1H3,(H,12,14);2-3H,1H3;2H,1,6H2. The fraction of sp³-hybridized carbons (Fsp3) is 0.200. The van der Waals surface area contributed by atoms with Gasteiger partial charge in [0.25, 0.3) is 0 Å². The lowest BCUT2D eigenvalue weighted by Crippen LogP contribution is -2.04. The average molecular weight is 638 g/mol. The topological polar surface area (TPSA) is 194 Å². The molecule has 0 bridgehead atoms. The van der Waals surface area contributed by atoms with Gasteiger partial charge in [-0.25, -0.2) is 9.97 Å². The van der Waals surface area contributed by atoms with Crippen molar-refractivity contribution in [3.63, 3.8) is 0 Å². The van der Waals surface area contributed by atoms with Crippen molar-refractivity contribution in [2.45, 2.75) is 13.1 Å². The summed E-state index contributed by atoms with van der Waals surface area (Å²) in [5.74, 6) is 0.704. The molecule has 3 N–H and O–H groups in total. The van der Waals surface area contributed by atoms with E-state index in [2.05, 4.69) is 25.3 Å². The average Bonchev–Trinajstić information content (AvgIpc) is 3.54. The second kappa shape index (κ2) is 15.9. The number of hydrogen-bond donors (Lipinski definition) is 2. The Morgan fingerprint density at radius 1 is 0.872 bits per heavy atom. The molecule has 0 radical (unpaired) electrons. The van der Waals surface area contributed by atoms with Crippen LogP contribution in [0.3, 0.4) is 0 Å². The van der Waals surface area contributed by atoms with E-state index in [0.717, 1.165) is 9.75 Å². The van der Waals surface area contributed by atoms with Crippen LogP contribution < -0.4 is 20.5 Å². The van der Waals surface area contributed by atoms with Crippen LogP contribution in [-0.4, -0.2) is 44.0 Å². The van der Waals surface area contributed by atoms with Crippen LogP contribution in [0.5, 0.6) is 11.8 Å². The maximum atomic E-state index is 10.9. The van der Waals surface area contributed by atoms with Crippen LogP contribution in [0.15, 0.2) is 36.7 Å². The van der Waals surface area contributed by atoms with Crippen LogP contribution in [0.2, 0.25) is 14.1 Å². The van der Waals surface area contributed by atoms with Crippen LogP contribution in [0.4, 0.5) is 17.2 Å². The number of ether oxygens (including phenoxy) is 2. The van der Waals surface area contributed by atoms with Gasteiger partial charge in [-0.2, -0.15) is 9.97 Å². The van der Waals surface area contributed by atoms with Gasteiger partial charge in [0.2, 0.25) is 22.7 Å². The van der Waals surface area contributed by atoms with Gasteiger partial charge in [-0.3, -0.25) is 20.2 Å². The number of nitrogens with two attached hydrogens (primary N) is 1. The predicted octanol–water partition coefficient (Wildman–Crippen LogP) is 5.63. The Balaban J connectivity index is 0.000000227. The number of thiazole rings is 2. The Bertz CT molecular complexity index is 1410. The molecule has 4 rings (SSSR count). The van der Waals surface area contributed by atoms with Gasteiger partial charge in [-0.15, -0.1) is 22.7 Å². The Morgan fingerprint density at radius 2 is 1.38 bits per heavy atom. The molecule has 0 saturated carbocycles. The zero-order chi connectivity index (χ0) is 28.9. The Morgan fingerprint density at radius 3 is 1.79 bits per heavy atom. The maximum Gasteiger partial charge on any atom is 0.311 e. The van der Waals surface area contributed by atoms with Crippen LogP contribution in [-0.2, 0) is 13.1 Å². The number of aromatic nitrogens is 4. The third-order valence-corrected chi connectivity index (χ3v) is 6.68. The van der Waals surface area contributed by atoms with Gasteiger partial charge < -0.3 is 20.5 Å². The molecule has 0 aromatic carbocycles. The van der Waals surface area contributed by atoms with Crippen LogP contribution in [0, 0.1) is 20.2 Å². The van der Waals surface area contributed by atoms with Gasteiger partial charge in [-0.1, -0.05) is 34.8 Å². The van der Waals surface area contributed by atoms with Crippen molar-refractivity contribution >= 4 is 74.7 Å². The lowest BCUT2D eigenvalue weighted by Gasteiger charge is -2.06. The highest BCUT2D eigenvalue weighted by molar-refractivity contribution is 7.16. The summed E-state index contributed by atoms with van der Waals surface area (Å²) in [6.45, 7) is 0.885. The molecule has 0 aliphatic rings. The molecule has 0 spiro atoms. The van der Waals surface area contributed by atoms with Gasteiger partial charge in [-0.05, 0) is 0 Å². The number of nitrogens with one attached hydrogen (secondary N) is 1. The SMILES string of the molecule is COc1ccc([N+](=O)[O-])c(Cl)n1.COc1ccc([N+](=O)[O-])c(NCc2cnc(Cl)s2)n1.NCc1cnc(Cl)s1. The smallest absolute Gasteiger partial charge is 0.311 e. The van der Waals surface area contributed by atoms with E-state index in [4.69, 9.17) is 50.0 Å². The largest absolute Gasteiger partial charge is 0.481 e. The van der Waals surface area contributed by atoms with Gasteiger partial charge >= 0.3 is 11.4 Å². The highest BCUT2D eigenvalue weighted by atomic mass is 35.5. The zero-order valence-corrected chi connectivity index (χ0v) is 23.9. The minimum absolute atomic E-state index is 0.114. The summed E-state index contributed by atoms with van der Waals surface area (Å²) >= 11 is 19.4. The van der Waals surface area contributed by atoms with Crippen LogP contribution >= 0.6 is 57.5 Å². The van der Waals surface area contributed by atoms with E-state index in [1.807, 2.05) is 0 Å². The molecule has 0 atom stereocenters. The van der Waals surface area contributed by atoms with Gasteiger partial charge in [0, 0.05) is 53.0 Å². The number of nitrogens with zero attached hydrogens (tertiary/aromatic N) is 6. The minimum Gasteiger partial charge on any atom is -0.481 e. The molecule has 4 heterocycles. The summed E-state index contributed by atoms with van der Waals surface area (Å²) in [5, 5.41) is 23.9. The molecule has 19 heteroatoms. The first kappa shape index (κ1) is 31.8. The molecule has 4 aromatic rings. The minimum atomic E-state index is -0.602. The first-order valence-electron chi connectivity index (χ1n) is 10.3. The van der Waals surface area contributed by atoms with Crippen molar-refractivity contribution < 1.29 is 19.3 Å². The molecule has 0 aliphatic carbocycles. The second-order valence-electron chi connectivity index (χ2n) is 6.62. The summed E-state index contributed by atoms with van der Waals surface area (Å²) in [7, 11) is 2.85. The fourth-order valence-corrected chi connectivity index (χ4v) is 4.39. The second-order valence-corrected chi connectivity index (χ2v) is 10.4. The van der Waals surface area contributed by atoms with Crippen molar-refractivity contribution in [1.82, 2.24) is 19.9 Å². The first-order chi connectivity index (χ1) is 18.6. The van der Waals surface area contributed by atoms with Crippen molar-refractivity contribution in [1.29, 1.82) is 0 Å². The summed E-state index contributed by atoms with van der Waals surface area (Å²) in [4.78, 5) is 37.2. The molecule has 0 fully saturated rings. The van der Waals surface area contributed by atoms with Gasteiger partial charge in [0.1, 0.15) is 0 Å². The molecule has 208 valence electrons. The highest BCUT2D eigenvalue weighted by Gasteiger charge is 2.16. The van der Waals surface area contributed by atoms with Crippen LogP contribution in [0.1, 0.15) is 9.75 Å². The van der Waals surface area contributed by atoms with E-state index in [1.54, 1.807) is 12.4 Å². The molecule has 4 aromatic heterocycles. The molecule has 0 unspecified atom stereocenters. The zero-order valence-electron chi connectivity index (χ0n) is 20.0. The third-order valence-electron chi connectivity index (χ3n) is 4.15. The van der Waals surface area contributed by atoms with Gasteiger partial charge in [0.15, 0.2) is 8.93 Å². The van der Waals surface area contributed by atoms with E-state index < -0.39 is 9.85 Å². The normalized spacial score (nSPS) is 9.90. The van der Waals surface area contributed by atoms with E-state index >= 15 is 0 Å². The molecular weight excluding hydrogens is 619 g/mol. The van der Waals surface area contributed by atoms with E-state index in [1.165, 1.54) is 61.2 Å².